The number of fused-ring (bicyclic) bond motifs is 5. The molecule has 1 fully saturated rings. The summed E-state index contributed by atoms with van der Waals surface area (Å²) < 4.78 is 0. The van der Waals surface area contributed by atoms with Gasteiger partial charge in [0.15, 0.2) is 0 Å². The molecular weight excluding hydrogens is 633 g/mol. The second kappa shape index (κ2) is 12.8. The monoisotopic (exact) mass is 674 g/mol. The summed E-state index contributed by atoms with van der Waals surface area (Å²) in [6.07, 6.45) is 2.81. The van der Waals surface area contributed by atoms with E-state index in [0.29, 0.717) is 0 Å². The zero-order valence-electron chi connectivity index (χ0n) is 28.7. The Labute approximate surface area is 298 Å². The molecule has 0 bridgehead atoms. The van der Waals surface area contributed by atoms with E-state index in [9.17, 15) is 14.7 Å². The Morgan fingerprint density at radius 1 is 0.843 bits per heavy atom. The molecule has 4 aliphatic rings. The first kappa shape index (κ1) is 31.7. The smallest absolute Gasteiger partial charge is 0.352 e. The van der Waals surface area contributed by atoms with E-state index in [-0.39, 0.29) is 41.4 Å². The summed E-state index contributed by atoms with van der Waals surface area (Å²) in [5.41, 5.74) is 12.4. The molecule has 0 spiro atoms. The lowest BCUT2D eigenvalue weighted by molar-refractivity contribution is -0.110. The number of nitrogens with zero attached hydrogens (tertiary/aromatic N) is 1. The number of carbonyl (C=O) groups is 2. The standard InChI is InChI=1S/C44H42N4O3/c1-26(40-33-16-15-30(23-39(33)47-43(40)49)27-9-3-2-4-10-27)35-25-48-22-20-29-12-6-8-14-32(29)42(48)41(36-17-18-37(46-36)44(50)51)34(35)24-38-31-13-7-5-11-28(31)19-21-45-38/h2-18,23,34-35,38,41-42,45-46H,19-22,24-25H2,1H3,(H,47,49)(H,50,51)/t34-,35-,38-,41?,42-/m1/s1. The first-order valence-electron chi connectivity index (χ1n) is 18.2. The van der Waals surface area contributed by atoms with Crippen molar-refractivity contribution in [2.24, 2.45) is 11.8 Å². The number of rotatable bonds is 6. The zero-order chi connectivity index (χ0) is 34.6. The van der Waals surface area contributed by atoms with Crippen molar-refractivity contribution in [2.75, 3.05) is 25.0 Å². The van der Waals surface area contributed by atoms with Crippen LogP contribution < -0.4 is 10.6 Å². The summed E-state index contributed by atoms with van der Waals surface area (Å²) in [4.78, 5) is 32.2. The van der Waals surface area contributed by atoms with Gasteiger partial charge in [0.25, 0.3) is 5.91 Å². The number of benzene rings is 4. The Balaban J connectivity index is 1.20. The summed E-state index contributed by atoms with van der Waals surface area (Å²) in [6, 6.07) is 38.0. The fourth-order valence-electron chi connectivity index (χ4n) is 9.68. The molecule has 1 amide bonds. The third kappa shape index (κ3) is 5.52. The van der Waals surface area contributed by atoms with Crippen LogP contribution in [0.3, 0.4) is 0 Å². The number of anilines is 1. The van der Waals surface area contributed by atoms with E-state index in [1.165, 1.54) is 22.3 Å². The van der Waals surface area contributed by atoms with E-state index in [0.717, 1.165) is 78.1 Å². The maximum absolute atomic E-state index is 14.0. The fraction of sp³-hybridized carbons (Fsp3) is 0.273. The second-order valence-electron chi connectivity index (χ2n) is 14.6. The van der Waals surface area contributed by atoms with Crippen LogP contribution in [0, 0.1) is 11.8 Å². The first-order chi connectivity index (χ1) is 24.9. The van der Waals surface area contributed by atoms with E-state index in [1.54, 1.807) is 6.07 Å². The maximum atomic E-state index is 14.0. The van der Waals surface area contributed by atoms with Gasteiger partial charge < -0.3 is 20.7 Å². The molecule has 1 unspecified atom stereocenters. The van der Waals surface area contributed by atoms with Gasteiger partial charge in [0, 0.05) is 53.6 Å². The second-order valence-corrected chi connectivity index (χ2v) is 14.6. The van der Waals surface area contributed by atoms with Gasteiger partial charge in [-0.3, -0.25) is 9.69 Å². The highest BCUT2D eigenvalue weighted by molar-refractivity contribution is 6.32. The predicted molar refractivity (Wildman–Crippen MR) is 201 cm³/mol. The van der Waals surface area contributed by atoms with Crippen LogP contribution in [0.25, 0.3) is 16.7 Å². The minimum absolute atomic E-state index is 0.0332. The number of amides is 1. The minimum atomic E-state index is -0.957. The molecule has 0 radical (unpaired) electrons. The molecular formula is C44H42N4O3. The van der Waals surface area contributed by atoms with Crippen molar-refractivity contribution in [3.8, 4) is 11.1 Å². The highest BCUT2D eigenvalue weighted by Gasteiger charge is 2.49. The number of hydrogen-bond donors (Lipinski definition) is 4. The van der Waals surface area contributed by atoms with Crippen molar-refractivity contribution < 1.29 is 14.7 Å². The molecule has 1 saturated heterocycles. The molecule has 9 rings (SSSR count). The molecule has 5 aromatic rings. The van der Waals surface area contributed by atoms with Crippen molar-refractivity contribution in [3.05, 3.63) is 154 Å². The van der Waals surface area contributed by atoms with E-state index in [4.69, 9.17) is 0 Å². The molecule has 51 heavy (non-hydrogen) atoms. The molecule has 7 nitrogen and oxygen atoms in total. The minimum Gasteiger partial charge on any atom is -0.477 e. The number of carbonyl (C=O) groups excluding carboxylic acids is 1. The highest BCUT2D eigenvalue weighted by atomic mass is 16.4. The van der Waals surface area contributed by atoms with Crippen LogP contribution in [0.4, 0.5) is 5.69 Å². The number of carboxylic acids is 1. The number of carboxylic acid groups (broad SMARTS) is 1. The van der Waals surface area contributed by atoms with Gasteiger partial charge >= 0.3 is 5.97 Å². The molecule has 0 aliphatic carbocycles. The summed E-state index contributed by atoms with van der Waals surface area (Å²) >= 11 is 0. The largest absolute Gasteiger partial charge is 0.477 e. The van der Waals surface area contributed by atoms with Crippen LogP contribution in [0.5, 0.6) is 0 Å². The van der Waals surface area contributed by atoms with Gasteiger partial charge in [-0.05, 0) is 96.1 Å². The van der Waals surface area contributed by atoms with Crippen molar-refractivity contribution in [1.82, 2.24) is 15.2 Å². The summed E-state index contributed by atoms with van der Waals surface area (Å²) in [5.74, 6) is -0.905. The van der Waals surface area contributed by atoms with Crippen LogP contribution in [0.2, 0.25) is 0 Å². The highest BCUT2D eigenvalue weighted by Crippen LogP contribution is 2.55. The molecule has 5 atom stereocenters. The average molecular weight is 675 g/mol. The van der Waals surface area contributed by atoms with Crippen LogP contribution in [0.15, 0.2) is 115 Å². The van der Waals surface area contributed by atoms with Crippen LogP contribution in [0.1, 0.15) is 75.3 Å². The van der Waals surface area contributed by atoms with E-state index < -0.39 is 5.97 Å². The van der Waals surface area contributed by atoms with Gasteiger partial charge in [-0.15, -0.1) is 0 Å². The number of piperidine rings is 1. The van der Waals surface area contributed by atoms with Crippen LogP contribution in [-0.4, -0.2) is 46.5 Å². The summed E-state index contributed by atoms with van der Waals surface area (Å²) in [7, 11) is 0. The van der Waals surface area contributed by atoms with E-state index in [1.807, 2.05) is 24.3 Å². The van der Waals surface area contributed by atoms with Crippen molar-refractivity contribution in [3.63, 3.8) is 0 Å². The van der Waals surface area contributed by atoms with E-state index in [2.05, 4.69) is 106 Å². The van der Waals surface area contributed by atoms with Gasteiger partial charge in [-0.1, -0.05) is 96.6 Å². The summed E-state index contributed by atoms with van der Waals surface area (Å²) in [5, 5.41) is 17.1. The average Bonchev–Trinajstić information content (AvgIpc) is 3.79. The third-order valence-corrected chi connectivity index (χ3v) is 12.0. The van der Waals surface area contributed by atoms with E-state index >= 15 is 0 Å². The van der Waals surface area contributed by atoms with Crippen molar-refractivity contribution in [2.45, 2.75) is 44.2 Å². The molecule has 4 N–H and O–H groups in total. The van der Waals surface area contributed by atoms with Gasteiger partial charge in [0.2, 0.25) is 0 Å². The lowest BCUT2D eigenvalue weighted by atomic mass is 9.63. The number of H-pyrrole nitrogens is 1. The molecule has 256 valence electrons. The zero-order valence-corrected chi connectivity index (χ0v) is 28.7. The Morgan fingerprint density at radius 2 is 1.59 bits per heavy atom. The van der Waals surface area contributed by atoms with Crippen LogP contribution in [-0.2, 0) is 17.6 Å². The number of aromatic amines is 1. The van der Waals surface area contributed by atoms with Crippen molar-refractivity contribution in [1.29, 1.82) is 0 Å². The molecule has 1 aromatic heterocycles. The molecule has 4 aromatic carbocycles. The Kier molecular flexibility index (Phi) is 7.98. The summed E-state index contributed by atoms with van der Waals surface area (Å²) in [6.45, 7) is 4.81. The maximum Gasteiger partial charge on any atom is 0.352 e. The molecule has 7 heteroatoms. The molecule has 0 saturated carbocycles. The molecule has 4 aliphatic heterocycles. The first-order valence-corrected chi connectivity index (χ1v) is 18.2. The number of aromatic nitrogens is 1. The van der Waals surface area contributed by atoms with Gasteiger partial charge in [0.1, 0.15) is 5.69 Å². The fourth-order valence-corrected chi connectivity index (χ4v) is 9.68. The van der Waals surface area contributed by atoms with Gasteiger partial charge in [-0.25, -0.2) is 4.79 Å². The molecule has 5 heterocycles. The number of nitrogens with one attached hydrogen (secondary N) is 3. The predicted octanol–water partition coefficient (Wildman–Crippen LogP) is 8.01. The van der Waals surface area contributed by atoms with Crippen LogP contribution >= 0.6 is 0 Å². The van der Waals surface area contributed by atoms with Gasteiger partial charge in [0.05, 0.1) is 0 Å². The Morgan fingerprint density at radius 3 is 2.37 bits per heavy atom. The third-order valence-electron chi connectivity index (χ3n) is 12.0. The van der Waals surface area contributed by atoms with Gasteiger partial charge in [-0.2, -0.15) is 0 Å². The lowest BCUT2D eigenvalue weighted by Gasteiger charge is -2.53. The topological polar surface area (TPSA) is 97.5 Å². The SMILES string of the molecule is CC(=C1C(=O)Nc2cc(-c3ccccc3)ccc21)[C@H]1CN2CCc3ccccc3[C@@H]2C(c2ccc(C(=O)O)[nH]2)[C@@H]1C[C@H]1NCCc2ccccc21. The Hall–Kier alpha value is -5.24. The number of aromatic carboxylic acids is 1. The van der Waals surface area contributed by atoms with Crippen molar-refractivity contribution >= 4 is 23.1 Å². The number of hydrogen-bond acceptors (Lipinski definition) is 4. The normalized spacial score (nSPS) is 24.9. The lowest BCUT2D eigenvalue weighted by Crippen LogP contribution is -2.51. The quantitative estimate of drug-likeness (QED) is 0.137. The Bertz CT molecular complexity index is 2190.